The van der Waals surface area contributed by atoms with Crippen LogP contribution < -0.4 is 5.32 Å². The molecule has 0 unspecified atom stereocenters. The molecule has 0 amide bonds. The molecule has 2 aliphatic heterocycles. The van der Waals surface area contributed by atoms with Crippen molar-refractivity contribution in [2.24, 2.45) is 5.41 Å². The highest BCUT2D eigenvalue weighted by atomic mass is 35.5. The maximum absolute atomic E-state index is 13.1. The Hall–Kier alpha value is -0.350. The molecule has 5 heteroatoms. The van der Waals surface area contributed by atoms with Crippen LogP contribution in [-0.2, 0) is 6.54 Å². The summed E-state index contributed by atoms with van der Waals surface area (Å²) in [6, 6.07) is 5.06. The lowest BCUT2D eigenvalue weighted by Crippen LogP contribution is -2.38. The maximum atomic E-state index is 13.1. The van der Waals surface area contributed by atoms with Gasteiger partial charge in [0.2, 0.25) is 0 Å². The van der Waals surface area contributed by atoms with Gasteiger partial charge < -0.3 is 5.32 Å². The van der Waals surface area contributed by atoms with E-state index in [9.17, 15) is 4.39 Å². The van der Waals surface area contributed by atoms with Gasteiger partial charge in [0.05, 0.1) is 5.02 Å². The number of piperidine rings is 1. The van der Waals surface area contributed by atoms with Crippen LogP contribution in [0.4, 0.5) is 4.39 Å². The molecule has 2 aliphatic rings. The number of halogens is 3. The summed E-state index contributed by atoms with van der Waals surface area (Å²) < 4.78 is 13.1. The lowest BCUT2D eigenvalue weighted by Gasteiger charge is -2.33. The first-order valence-corrected chi connectivity index (χ1v) is 7.42. The zero-order chi connectivity index (χ0) is 13.3. The van der Waals surface area contributed by atoms with Crippen molar-refractivity contribution >= 4 is 24.0 Å². The van der Waals surface area contributed by atoms with Crippen LogP contribution in [0.25, 0.3) is 0 Å². The second-order valence-electron chi connectivity index (χ2n) is 5.96. The van der Waals surface area contributed by atoms with Crippen molar-refractivity contribution < 1.29 is 4.39 Å². The van der Waals surface area contributed by atoms with E-state index in [1.165, 1.54) is 31.9 Å². The van der Waals surface area contributed by atoms with Gasteiger partial charge in [-0.3, -0.25) is 4.90 Å². The normalized spacial score (nSPS) is 21.9. The lowest BCUT2D eigenvalue weighted by molar-refractivity contribution is 0.194. The smallest absolute Gasteiger partial charge is 0.141 e. The van der Waals surface area contributed by atoms with Gasteiger partial charge in [-0.15, -0.1) is 12.4 Å². The first-order valence-electron chi connectivity index (χ1n) is 7.04. The molecule has 1 N–H and O–H groups in total. The molecule has 0 atom stereocenters. The zero-order valence-corrected chi connectivity index (χ0v) is 13.1. The van der Waals surface area contributed by atoms with Crippen LogP contribution in [0.2, 0.25) is 5.02 Å². The van der Waals surface area contributed by atoms with Crippen LogP contribution in [0.1, 0.15) is 24.8 Å². The van der Waals surface area contributed by atoms with Gasteiger partial charge in [0.1, 0.15) is 5.82 Å². The molecule has 2 fully saturated rings. The van der Waals surface area contributed by atoms with Crippen molar-refractivity contribution in [2.75, 3.05) is 26.2 Å². The number of nitrogens with zero attached hydrogens (tertiary/aromatic N) is 1. The Morgan fingerprint density at radius 1 is 1.25 bits per heavy atom. The summed E-state index contributed by atoms with van der Waals surface area (Å²) in [5.74, 6) is -0.332. The summed E-state index contributed by atoms with van der Waals surface area (Å²) in [6.07, 6.45) is 3.87. The van der Waals surface area contributed by atoms with Gasteiger partial charge in [-0.1, -0.05) is 17.7 Å². The Balaban J connectivity index is 0.00000147. The number of benzene rings is 1. The predicted molar refractivity (Wildman–Crippen MR) is 83.1 cm³/mol. The fourth-order valence-electron chi connectivity index (χ4n) is 3.42. The molecule has 0 aliphatic carbocycles. The monoisotopic (exact) mass is 318 g/mol. The van der Waals surface area contributed by atoms with Crippen LogP contribution in [0.5, 0.6) is 0 Å². The number of likely N-dealkylation sites (tertiary alicyclic amines) is 1. The van der Waals surface area contributed by atoms with Gasteiger partial charge in [0.15, 0.2) is 0 Å². The molecule has 20 heavy (non-hydrogen) atoms. The minimum atomic E-state index is -0.332. The molecule has 1 aromatic rings. The standard InChI is InChI=1S/C15H20ClFN2.ClH/c16-13-9-12(1-2-14(13)17)10-19-8-5-15(11-19)3-6-18-7-4-15;/h1-2,9,18H,3-8,10-11H2;1H. The molecule has 3 rings (SSSR count). The van der Waals surface area contributed by atoms with Crippen molar-refractivity contribution in [1.29, 1.82) is 0 Å². The molecule has 1 aromatic carbocycles. The van der Waals surface area contributed by atoms with Crippen LogP contribution >= 0.6 is 24.0 Å². The maximum Gasteiger partial charge on any atom is 0.141 e. The van der Waals surface area contributed by atoms with E-state index in [4.69, 9.17) is 11.6 Å². The molecular weight excluding hydrogens is 298 g/mol. The van der Waals surface area contributed by atoms with Crippen molar-refractivity contribution in [3.63, 3.8) is 0 Å². The van der Waals surface area contributed by atoms with Crippen LogP contribution in [0.3, 0.4) is 0 Å². The number of hydrogen-bond donors (Lipinski definition) is 1. The van der Waals surface area contributed by atoms with Crippen LogP contribution in [-0.4, -0.2) is 31.1 Å². The van der Waals surface area contributed by atoms with Gasteiger partial charge >= 0.3 is 0 Å². The topological polar surface area (TPSA) is 15.3 Å². The zero-order valence-electron chi connectivity index (χ0n) is 11.5. The minimum Gasteiger partial charge on any atom is -0.317 e. The molecule has 112 valence electrons. The number of rotatable bonds is 2. The molecule has 2 heterocycles. The van der Waals surface area contributed by atoms with Crippen molar-refractivity contribution in [3.8, 4) is 0 Å². The van der Waals surface area contributed by atoms with Crippen LogP contribution in [0.15, 0.2) is 18.2 Å². The van der Waals surface area contributed by atoms with Crippen LogP contribution in [0, 0.1) is 11.2 Å². The highest BCUT2D eigenvalue weighted by Crippen LogP contribution is 2.39. The molecule has 0 bridgehead atoms. The Morgan fingerprint density at radius 2 is 2.00 bits per heavy atom. The molecule has 0 radical (unpaired) electrons. The van der Waals surface area contributed by atoms with Gasteiger partial charge in [0, 0.05) is 13.1 Å². The fraction of sp³-hybridized carbons (Fsp3) is 0.600. The Labute approximate surface area is 131 Å². The van der Waals surface area contributed by atoms with E-state index in [0.29, 0.717) is 5.41 Å². The summed E-state index contributed by atoms with van der Waals surface area (Å²) in [7, 11) is 0. The predicted octanol–water partition coefficient (Wildman–Crippen LogP) is 3.48. The molecule has 2 saturated heterocycles. The molecular formula is C15H21Cl2FN2. The third-order valence-corrected chi connectivity index (χ3v) is 4.86. The van der Waals surface area contributed by atoms with Crippen molar-refractivity contribution in [3.05, 3.63) is 34.6 Å². The molecule has 2 nitrogen and oxygen atoms in total. The summed E-state index contributed by atoms with van der Waals surface area (Å²) in [6.45, 7) is 5.50. The van der Waals surface area contributed by atoms with Gasteiger partial charge in [-0.2, -0.15) is 0 Å². The van der Waals surface area contributed by atoms with E-state index in [-0.39, 0.29) is 23.2 Å². The first-order chi connectivity index (χ1) is 9.17. The summed E-state index contributed by atoms with van der Waals surface area (Å²) in [5.41, 5.74) is 1.63. The third-order valence-electron chi connectivity index (χ3n) is 4.57. The average molecular weight is 319 g/mol. The van der Waals surface area contributed by atoms with E-state index in [0.717, 1.165) is 31.7 Å². The first kappa shape index (κ1) is 16.0. The minimum absolute atomic E-state index is 0. The Bertz CT molecular complexity index is 461. The highest BCUT2D eigenvalue weighted by molar-refractivity contribution is 6.30. The van der Waals surface area contributed by atoms with E-state index in [1.807, 2.05) is 6.07 Å². The van der Waals surface area contributed by atoms with E-state index >= 15 is 0 Å². The lowest BCUT2D eigenvalue weighted by atomic mass is 9.78. The Morgan fingerprint density at radius 3 is 2.70 bits per heavy atom. The SMILES string of the molecule is Cl.Fc1ccc(CN2CCC3(CCNCC3)C2)cc1Cl. The second kappa shape index (κ2) is 6.61. The summed E-state index contributed by atoms with van der Waals surface area (Å²) >= 11 is 5.84. The van der Waals surface area contributed by atoms with E-state index in [1.54, 1.807) is 6.07 Å². The second-order valence-corrected chi connectivity index (χ2v) is 6.37. The molecule has 1 spiro atoms. The van der Waals surface area contributed by atoms with E-state index in [2.05, 4.69) is 10.2 Å². The summed E-state index contributed by atoms with van der Waals surface area (Å²) in [4.78, 5) is 2.48. The number of nitrogens with one attached hydrogen (secondary N) is 1. The fourth-order valence-corrected chi connectivity index (χ4v) is 3.63. The van der Waals surface area contributed by atoms with Gasteiger partial charge in [-0.25, -0.2) is 4.39 Å². The third kappa shape index (κ3) is 3.45. The van der Waals surface area contributed by atoms with E-state index < -0.39 is 0 Å². The Kier molecular flexibility index (Phi) is 5.30. The number of hydrogen-bond acceptors (Lipinski definition) is 2. The van der Waals surface area contributed by atoms with Crippen molar-refractivity contribution in [2.45, 2.75) is 25.8 Å². The van der Waals surface area contributed by atoms with Crippen molar-refractivity contribution in [1.82, 2.24) is 10.2 Å². The summed E-state index contributed by atoms with van der Waals surface area (Å²) in [5, 5.41) is 3.67. The molecule has 0 saturated carbocycles. The van der Waals surface area contributed by atoms with Gasteiger partial charge in [0.25, 0.3) is 0 Å². The largest absolute Gasteiger partial charge is 0.317 e. The highest BCUT2D eigenvalue weighted by Gasteiger charge is 2.38. The molecule has 0 aromatic heterocycles. The van der Waals surface area contributed by atoms with Gasteiger partial charge in [-0.05, 0) is 62.0 Å². The quantitative estimate of drug-likeness (QED) is 0.898. The average Bonchev–Trinajstić information content (AvgIpc) is 2.78.